The molecule has 1 saturated heterocycles. The minimum Gasteiger partial charge on any atom is -0.369 e. The van der Waals surface area contributed by atoms with Gasteiger partial charge in [-0.2, -0.15) is 0 Å². The topological polar surface area (TPSA) is 64.7 Å². The Balaban J connectivity index is 1.29. The molecule has 0 spiro atoms. The standard InChI is InChI=1S/C22H34N4O2/c1-18(27)23-17-22(28)24-20-9-7-19(8-10-20)11-12-25-13-15-26(16-14-25)21-5-3-2-4-6-21/h2-6,19-20H,7-17H2,1H3,(H,23,27)(H,24,28)/t19-,20-. The largest absolute Gasteiger partial charge is 0.369 e. The predicted octanol–water partition coefficient (Wildman–Crippen LogP) is 2.01. The van der Waals surface area contributed by atoms with Crippen molar-refractivity contribution in [1.29, 1.82) is 0 Å². The van der Waals surface area contributed by atoms with Crippen LogP contribution < -0.4 is 15.5 Å². The Morgan fingerprint density at radius 3 is 2.32 bits per heavy atom. The first kappa shape index (κ1) is 20.6. The van der Waals surface area contributed by atoms with Crippen LogP contribution in [0.25, 0.3) is 0 Å². The molecule has 2 amide bonds. The van der Waals surface area contributed by atoms with E-state index >= 15 is 0 Å². The summed E-state index contributed by atoms with van der Waals surface area (Å²) < 4.78 is 0. The Hall–Kier alpha value is -2.08. The fourth-order valence-electron chi connectivity index (χ4n) is 4.31. The van der Waals surface area contributed by atoms with Gasteiger partial charge in [0, 0.05) is 44.8 Å². The van der Waals surface area contributed by atoms with E-state index in [-0.39, 0.29) is 24.4 Å². The van der Waals surface area contributed by atoms with Gasteiger partial charge < -0.3 is 15.5 Å². The van der Waals surface area contributed by atoms with E-state index in [1.54, 1.807) is 0 Å². The number of para-hydroxylation sites is 1. The molecule has 2 fully saturated rings. The molecule has 1 aromatic carbocycles. The van der Waals surface area contributed by atoms with Crippen LogP contribution in [0.5, 0.6) is 0 Å². The minimum atomic E-state index is -0.163. The van der Waals surface area contributed by atoms with Crippen LogP contribution in [0.1, 0.15) is 39.0 Å². The Morgan fingerprint density at radius 2 is 1.68 bits per heavy atom. The second-order valence-corrected chi connectivity index (χ2v) is 8.15. The van der Waals surface area contributed by atoms with Crippen LogP contribution in [0.3, 0.4) is 0 Å². The van der Waals surface area contributed by atoms with Gasteiger partial charge in [0.25, 0.3) is 0 Å². The summed E-state index contributed by atoms with van der Waals surface area (Å²) in [6.07, 6.45) is 5.75. The summed E-state index contributed by atoms with van der Waals surface area (Å²) in [7, 11) is 0. The molecular formula is C22H34N4O2. The third-order valence-corrected chi connectivity index (χ3v) is 6.06. The number of carbonyl (C=O) groups excluding carboxylic acids is 2. The molecule has 0 aromatic heterocycles. The summed E-state index contributed by atoms with van der Waals surface area (Å²) in [6.45, 7) is 7.21. The number of rotatable bonds is 7. The monoisotopic (exact) mass is 386 g/mol. The lowest BCUT2D eigenvalue weighted by Crippen LogP contribution is -2.47. The van der Waals surface area contributed by atoms with Crippen LogP contribution in [0.15, 0.2) is 30.3 Å². The van der Waals surface area contributed by atoms with Gasteiger partial charge in [0.05, 0.1) is 6.54 Å². The first-order valence-electron chi connectivity index (χ1n) is 10.7. The first-order valence-corrected chi connectivity index (χ1v) is 10.7. The molecule has 0 radical (unpaired) electrons. The lowest BCUT2D eigenvalue weighted by Gasteiger charge is -2.37. The van der Waals surface area contributed by atoms with Gasteiger partial charge in [-0.1, -0.05) is 18.2 Å². The summed E-state index contributed by atoms with van der Waals surface area (Å²) >= 11 is 0. The van der Waals surface area contributed by atoms with Crippen molar-refractivity contribution in [3.8, 4) is 0 Å². The number of hydrogen-bond acceptors (Lipinski definition) is 4. The van der Waals surface area contributed by atoms with Crippen molar-refractivity contribution >= 4 is 17.5 Å². The molecule has 2 aliphatic rings. The van der Waals surface area contributed by atoms with Crippen LogP contribution >= 0.6 is 0 Å². The highest BCUT2D eigenvalue weighted by Crippen LogP contribution is 2.27. The van der Waals surface area contributed by atoms with E-state index in [2.05, 4.69) is 50.8 Å². The maximum atomic E-state index is 11.8. The number of nitrogens with one attached hydrogen (secondary N) is 2. The van der Waals surface area contributed by atoms with Crippen molar-refractivity contribution in [1.82, 2.24) is 15.5 Å². The molecule has 6 heteroatoms. The Morgan fingerprint density at radius 1 is 1.00 bits per heavy atom. The van der Waals surface area contributed by atoms with Gasteiger partial charge in [0.1, 0.15) is 0 Å². The summed E-state index contributed by atoms with van der Waals surface area (Å²) in [5.41, 5.74) is 1.33. The third-order valence-electron chi connectivity index (χ3n) is 6.06. The Bertz CT molecular complexity index is 621. The van der Waals surface area contributed by atoms with E-state index in [0.29, 0.717) is 0 Å². The van der Waals surface area contributed by atoms with Gasteiger partial charge >= 0.3 is 0 Å². The molecule has 1 aliphatic carbocycles. The number of anilines is 1. The molecule has 0 atom stereocenters. The van der Waals surface area contributed by atoms with Crippen molar-refractivity contribution < 1.29 is 9.59 Å². The molecule has 0 unspecified atom stereocenters. The summed E-state index contributed by atoms with van der Waals surface area (Å²) in [5, 5.41) is 5.60. The van der Waals surface area contributed by atoms with Crippen LogP contribution in [0, 0.1) is 5.92 Å². The van der Waals surface area contributed by atoms with Crippen LogP contribution in [-0.4, -0.2) is 62.0 Å². The number of nitrogens with zero attached hydrogens (tertiary/aromatic N) is 2. The second-order valence-electron chi connectivity index (χ2n) is 8.15. The molecule has 1 aromatic rings. The van der Waals surface area contributed by atoms with Crippen molar-refractivity contribution in [3.63, 3.8) is 0 Å². The Labute approximate surface area is 168 Å². The van der Waals surface area contributed by atoms with Gasteiger partial charge in [0.2, 0.25) is 11.8 Å². The molecule has 1 saturated carbocycles. The van der Waals surface area contributed by atoms with Gasteiger partial charge in [-0.15, -0.1) is 0 Å². The molecule has 1 aliphatic heterocycles. The highest BCUT2D eigenvalue weighted by molar-refractivity contribution is 5.83. The zero-order valence-electron chi connectivity index (χ0n) is 17.0. The number of benzene rings is 1. The fraction of sp³-hybridized carbons (Fsp3) is 0.636. The maximum absolute atomic E-state index is 11.8. The van der Waals surface area contributed by atoms with E-state index in [4.69, 9.17) is 0 Å². The van der Waals surface area contributed by atoms with Crippen LogP contribution in [-0.2, 0) is 9.59 Å². The molecule has 1 heterocycles. The normalized spacial score (nSPS) is 23.2. The Kier molecular flexibility index (Phi) is 7.71. The van der Waals surface area contributed by atoms with Gasteiger partial charge in [-0.25, -0.2) is 0 Å². The molecule has 2 N–H and O–H groups in total. The summed E-state index contributed by atoms with van der Waals surface area (Å²) in [6, 6.07) is 11.0. The summed E-state index contributed by atoms with van der Waals surface area (Å²) in [5.74, 6) is 0.536. The third kappa shape index (κ3) is 6.51. The van der Waals surface area contributed by atoms with E-state index in [9.17, 15) is 9.59 Å². The molecule has 6 nitrogen and oxygen atoms in total. The molecule has 154 valence electrons. The molecular weight excluding hydrogens is 352 g/mol. The zero-order valence-corrected chi connectivity index (χ0v) is 17.0. The smallest absolute Gasteiger partial charge is 0.239 e. The van der Waals surface area contributed by atoms with Crippen LogP contribution in [0.2, 0.25) is 0 Å². The van der Waals surface area contributed by atoms with Crippen molar-refractivity contribution in [2.75, 3.05) is 44.2 Å². The van der Waals surface area contributed by atoms with Gasteiger partial charge in [0.15, 0.2) is 0 Å². The molecule has 3 rings (SSSR count). The number of carbonyl (C=O) groups is 2. The maximum Gasteiger partial charge on any atom is 0.239 e. The minimum absolute atomic E-state index is 0.0741. The lowest BCUT2D eigenvalue weighted by molar-refractivity contribution is -0.125. The van der Waals surface area contributed by atoms with E-state index in [0.717, 1.165) is 44.9 Å². The average molecular weight is 387 g/mol. The number of amides is 2. The highest BCUT2D eigenvalue weighted by atomic mass is 16.2. The summed E-state index contributed by atoms with van der Waals surface area (Å²) in [4.78, 5) is 27.8. The van der Waals surface area contributed by atoms with Crippen LogP contribution in [0.4, 0.5) is 5.69 Å². The molecule has 0 bridgehead atoms. The second kappa shape index (κ2) is 10.5. The quantitative estimate of drug-likeness (QED) is 0.752. The highest BCUT2D eigenvalue weighted by Gasteiger charge is 2.24. The molecule has 28 heavy (non-hydrogen) atoms. The predicted molar refractivity (Wildman–Crippen MR) is 112 cm³/mol. The van der Waals surface area contributed by atoms with Crippen molar-refractivity contribution in [2.24, 2.45) is 5.92 Å². The van der Waals surface area contributed by atoms with E-state index in [1.807, 2.05) is 0 Å². The van der Waals surface area contributed by atoms with Crippen molar-refractivity contribution in [3.05, 3.63) is 30.3 Å². The van der Waals surface area contributed by atoms with E-state index in [1.165, 1.54) is 38.4 Å². The lowest BCUT2D eigenvalue weighted by atomic mass is 9.84. The van der Waals surface area contributed by atoms with E-state index < -0.39 is 0 Å². The number of piperazine rings is 1. The first-order chi connectivity index (χ1) is 13.6. The van der Waals surface area contributed by atoms with Gasteiger partial charge in [-0.3, -0.25) is 14.5 Å². The number of hydrogen-bond donors (Lipinski definition) is 2. The van der Waals surface area contributed by atoms with Gasteiger partial charge in [-0.05, 0) is 56.7 Å². The fourth-order valence-corrected chi connectivity index (χ4v) is 4.31. The SMILES string of the molecule is CC(=O)NCC(=O)N[C@H]1CC[C@H](CCN2CCN(c3ccccc3)CC2)CC1. The zero-order chi connectivity index (χ0) is 19.8. The average Bonchev–Trinajstić information content (AvgIpc) is 2.73. The van der Waals surface area contributed by atoms with Crippen molar-refractivity contribution in [2.45, 2.75) is 45.1 Å².